The highest BCUT2D eigenvalue weighted by Crippen LogP contribution is 2.22. The Morgan fingerprint density at radius 3 is 2.77 bits per heavy atom. The van der Waals surface area contributed by atoms with Crippen LogP contribution < -0.4 is 0 Å². The fourth-order valence-corrected chi connectivity index (χ4v) is 1.33. The lowest BCUT2D eigenvalue weighted by Gasteiger charge is -2.11. The molecule has 0 bridgehead atoms. The molecule has 0 amide bonds. The first kappa shape index (κ1) is 10.5. The van der Waals surface area contributed by atoms with Crippen molar-refractivity contribution in [2.24, 2.45) is 0 Å². The van der Waals surface area contributed by atoms with Gasteiger partial charge in [0.2, 0.25) is 0 Å². The van der Waals surface area contributed by atoms with E-state index in [0.29, 0.717) is 18.2 Å². The third kappa shape index (κ3) is 2.99. The summed E-state index contributed by atoms with van der Waals surface area (Å²) < 4.78 is 5.10. The largest absolute Gasteiger partial charge is 0.386 e. The van der Waals surface area contributed by atoms with Crippen molar-refractivity contribution in [2.45, 2.75) is 13.0 Å². The molecule has 0 aliphatic heterocycles. The van der Waals surface area contributed by atoms with Crippen molar-refractivity contribution in [2.75, 3.05) is 13.2 Å². The van der Waals surface area contributed by atoms with Gasteiger partial charge in [-0.2, -0.15) is 0 Å². The molecular formula is C10H13ClO2. The molecule has 0 heterocycles. The highest BCUT2D eigenvalue weighted by atomic mass is 35.5. The lowest BCUT2D eigenvalue weighted by molar-refractivity contribution is 0.0421. The third-order valence-corrected chi connectivity index (χ3v) is 2.09. The van der Waals surface area contributed by atoms with Crippen LogP contribution in [0.1, 0.15) is 18.6 Å². The molecule has 1 aromatic carbocycles. The van der Waals surface area contributed by atoms with E-state index in [-0.39, 0.29) is 0 Å². The molecule has 13 heavy (non-hydrogen) atoms. The van der Waals surface area contributed by atoms with Crippen molar-refractivity contribution in [3.63, 3.8) is 0 Å². The predicted molar refractivity (Wildman–Crippen MR) is 52.9 cm³/mol. The van der Waals surface area contributed by atoms with Gasteiger partial charge in [0, 0.05) is 17.2 Å². The monoisotopic (exact) mass is 200 g/mol. The average Bonchev–Trinajstić information content (AvgIpc) is 2.15. The summed E-state index contributed by atoms with van der Waals surface area (Å²) in [6, 6.07) is 7.23. The van der Waals surface area contributed by atoms with Gasteiger partial charge in [0.1, 0.15) is 6.10 Å². The number of halogens is 1. The topological polar surface area (TPSA) is 29.5 Å². The summed E-state index contributed by atoms with van der Waals surface area (Å²) in [6.07, 6.45) is -0.631. The maximum Gasteiger partial charge on any atom is 0.104 e. The molecule has 0 aromatic heterocycles. The van der Waals surface area contributed by atoms with Gasteiger partial charge in [-0.3, -0.25) is 0 Å². The lowest BCUT2D eigenvalue weighted by atomic mass is 10.1. The molecule has 0 fully saturated rings. The molecule has 0 saturated carbocycles. The van der Waals surface area contributed by atoms with Crippen LogP contribution >= 0.6 is 11.6 Å². The van der Waals surface area contributed by atoms with Crippen molar-refractivity contribution >= 4 is 11.6 Å². The maximum atomic E-state index is 9.62. The van der Waals surface area contributed by atoms with Crippen molar-refractivity contribution in [1.29, 1.82) is 0 Å². The zero-order chi connectivity index (χ0) is 9.68. The molecule has 1 unspecified atom stereocenters. The molecule has 1 aromatic rings. The molecule has 0 aliphatic carbocycles. The number of aliphatic hydroxyl groups excluding tert-OH is 1. The highest BCUT2D eigenvalue weighted by molar-refractivity contribution is 6.31. The second kappa shape index (κ2) is 5.22. The molecule has 72 valence electrons. The maximum absolute atomic E-state index is 9.62. The summed E-state index contributed by atoms with van der Waals surface area (Å²) in [5.41, 5.74) is 0.720. The molecule has 0 spiro atoms. The normalized spacial score (nSPS) is 12.8. The van der Waals surface area contributed by atoms with Crippen LogP contribution in [-0.4, -0.2) is 18.3 Å². The quantitative estimate of drug-likeness (QED) is 0.809. The molecule has 0 radical (unpaired) electrons. The standard InChI is InChI=1S/C10H13ClO2/c1-2-13-7-10(12)8-5-3-4-6-9(8)11/h3-6,10,12H,2,7H2,1H3. The second-order valence-corrected chi connectivity index (χ2v) is 3.10. The van der Waals surface area contributed by atoms with Crippen LogP contribution in [0.4, 0.5) is 0 Å². The Kier molecular flexibility index (Phi) is 4.22. The summed E-state index contributed by atoms with van der Waals surface area (Å²) in [5.74, 6) is 0. The van der Waals surface area contributed by atoms with Gasteiger partial charge in [-0.05, 0) is 13.0 Å². The Bertz CT molecular complexity index is 263. The van der Waals surface area contributed by atoms with E-state index in [1.807, 2.05) is 19.1 Å². The first-order valence-electron chi connectivity index (χ1n) is 4.26. The van der Waals surface area contributed by atoms with Gasteiger partial charge < -0.3 is 9.84 Å². The molecule has 1 rings (SSSR count). The van der Waals surface area contributed by atoms with Gasteiger partial charge >= 0.3 is 0 Å². The smallest absolute Gasteiger partial charge is 0.104 e. The van der Waals surface area contributed by atoms with Gasteiger partial charge in [-0.25, -0.2) is 0 Å². The minimum absolute atomic E-state index is 0.292. The van der Waals surface area contributed by atoms with Crippen LogP contribution in [0.5, 0.6) is 0 Å². The number of rotatable bonds is 4. The van der Waals surface area contributed by atoms with Gasteiger partial charge in [0.25, 0.3) is 0 Å². The first-order chi connectivity index (χ1) is 6.25. The van der Waals surface area contributed by atoms with Gasteiger partial charge in [-0.1, -0.05) is 29.8 Å². The zero-order valence-corrected chi connectivity index (χ0v) is 8.29. The van der Waals surface area contributed by atoms with E-state index in [0.717, 1.165) is 5.56 Å². The summed E-state index contributed by atoms with van der Waals surface area (Å²) in [5, 5.41) is 10.2. The zero-order valence-electron chi connectivity index (χ0n) is 7.53. The predicted octanol–water partition coefficient (Wildman–Crippen LogP) is 2.41. The molecule has 0 saturated heterocycles. The van der Waals surface area contributed by atoms with Crippen LogP contribution in [0, 0.1) is 0 Å². The number of ether oxygens (including phenoxy) is 1. The van der Waals surface area contributed by atoms with Gasteiger partial charge in [0.15, 0.2) is 0 Å². The lowest BCUT2D eigenvalue weighted by Crippen LogP contribution is -2.07. The summed E-state index contributed by atoms with van der Waals surface area (Å²) in [6.45, 7) is 2.78. The average molecular weight is 201 g/mol. The summed E-state index contributed by atoms with van der Waals surface area (Å²) >= 11 is 5.88. The Morgan fingerprint density at radius 2 is 2.15 bits per heavy atom. The van der Waals surface area contributed by atoms with Crippen LogP contribution in [0.2, 0.25) is 5.02 Å². The fraction of sp³-hybridized carbons (Fsp3) is 0.400. The van der Waals surface area contributed by atoms with E-state index in [1.54, 1.807) is 12.1 Å². The number of hydrogen-bond acceptors (Lipinski definition) is 2. The fourth-order valence-electron chi connectivity index (χ4n) is 1.06. The molecule has 0 aliphatic rings. The number of aliphatic hydroxyl groups is 1. The van der Waals surface area contributed by atoms with E-state index in [1.165, 1.54) is 0 Å². The molecule has 1 atom stereocenters. The van der Waals surface area contributed by atoms with Crippen LogP contribution in [-0.2, 0) is 4.74 Å². The Labute approximate surface area is 83.1 Å². The van der Waals surface area contributed by atoms with E-state index in [9.17, 15) is 5.11 Å². The van der Waals surface area contributed by atoms with Gasteiger partial charge in [-0.15, -0.1) is 0 Å². The molecule has 1 N–H and O–H groups in total. The molecule has 3 heteroatoms. The van der Waals surface area contributed by atoms with E-state index < -0.39 is 6.10 Å². The Morgan fingerprint density at radius 1 is 1.46 bits per heavy atom. The SMILES string of the molecule is CCOCC(O)c1ccccc1Cl. The van der Waals surface area contributed by atoms with E-state index in [2.05, 4.69) is 0 Å². The first-order valence-corrected chi connectivity index (χ1v) is 4.63. The molecular weight excluding hydrogens is 188 g/mol. The Hall–Kier alpha value is -0.570. The van der Waals surface area contributed by atoms with Crippen molar-refractivity contribution in [3.8, 4) is 0 Å². The third-order valence-electron chi connectivity index (χ3n) is 1.74. The van der Waals surface area contributed by atoms with Crippen LogP contribution in [0.25, 0.3) is 0 Å². The van der Waals surface area contributed by atoms with Crippen molar-refractivity contribution in [3.05, 3.63) is 34.9 Å². The van der Waals surface area contributed by atoms with Crippen molar-refractivity contribution < 1.29 is 9.84 Å². The molecule has 2 nitrogen and oxygen atoms in total. The van der Waals surface area contributed by atoms with Crippen LogP contribution in [0.15, 0.2) is 24.3 Å². The number of benzene rings is 1. The minimum Gasteiger partial charge on any atom is -0.386 e. The van der Waals surface area contributed by atoms with Crippen LogP contribution in [0.3, 0.4) is 0 Å². The van der Waals surface area contributed by atoms with E-state index >= 15 is 0 Å². The second-order valence-electron chi connectivity index (χ2n) is 2.70. The van der Waals surface area contributed by atoms with Gasteiger partial charge in [0.05, 0.1) is 6.61 Å². The highest BCUT2D eigenvalue weighted by Gasteiger charge is 2.09. The number of hydrogen-bond donors (Lipinski definition) is 1. The Balaban J connectivity index is 2.65. The minimum atomic E-state index is -0.631. The summed E-state index contributed by atoms with van der Waals surface area (Å²) in [4.78, 5) is 0. The van der Waals surface area contributed by atoms with Crippen molar-refractivity contribution in [1.82, 2.24) is 0 Å². The summed E-state index contributed by atoms with van der Waals surface area (Å²) in [7, 11) is 0. The van der Waals surface area contributed by atoms with E-state index in [4.69, 9.17) is 16.3 Å².